The van der Waals surface area contributed by atoms with E-state index in [1.807, 2.05) is 0 Å². The average molecular weight is 562 g/mol. The lowest BCUT2D eigenvalue weighted by Gasteiger charge is -2.26. The molecule has 0 unspecified atom stereocenters. The number of morpholine rings is 1. The molecule has 14 heteroatoms. The molecule has 0 saturated carbocycles. The zero-order chi connectivity index (χ0) is 27.0. The van der Waals surface area contributed by atoms with Crippen molar-refractivity contribution in [2.75, 3.05) is 97.3 Å². The normalized spacial score (nSPS) is 13.6. The molecule has 2 N–H and O–H groups in total. The highest BCUT2D eigenvalue weighted by atomic mass is 32.1. The van der Waals surface area contributed by atoms with Crippen LogP contribution in [-0.4, -0.2) is 103 Å². The lowest BCUT2D eigenvalue weighted by molar-refractivity contribution is -0.00850. The molecule has 1 aromatic heterocycles. The predicted molar refractivity (Wildman–Crippen MR) is 135 cm³/mol. The molecule has 0 atom stereocenters. The van der Waals surface area contributed by atoms with Crippen molar-refractivity contribution in [3.8, 4) is 17.0 Å². The van der Waals surface area contributed by atoms with E-state index in [0.717, 1.165) is 24.3 Å². The van der Waals surface area contributed by atoms with Gasteiger partial charge < -0.3 is 43.8 Å². The summed E-state index contributed by atoms with van der Waals surface area (Å²) in [5.41, 5.74) is 5.73. The van der Waals surface area contributed by atoms with Gasteiger partial charge in [0.25, 0.3) is 0 Å². The molecule has 0 aliphatic carbocycles. The van der Waals surface area contributed by atoms with Gasteiger partial charge in [-0.15, -0.1) is 11.3 Å². The summed E-state index contributed by atoms with van der Waals surface area (Å²) in [6.07, 6.45) is -0.835. The van der Waals surface area contributed by atoms with Gasteiger partial charge in [0.05, 0.1) is 71.8 Å². The van der Waals surface area contributed by atoms with E-state index in [0.29, 0.717) is 64.1 Å². The Bertz CT molecular complexity index is 978. The first-order chi connectivity index (χ1) is 18.6. The summed E-state index contributed by atoms with van der Waals surface area (Å²) < 4.78 is 65.3. The van der Waals surface area contributed by atoms with Crippen LogP contribution in [-0.2, 0) is 28.4 Å². The number of primary amides is 1. The smallest absolute Gasteiger partial charge is 0.404 e. The number of hydrogen-bond acceptors (Lipinski definition) is 11. The zero-order valence-corrected chi connectivity index (χ0v) is 21.8. The monoisotopic (exact) mass is 561 g/mol. The third-order valence-electron chi connectivity index (χ3n) is 5.16. The Kier molecular flexibility index (Phi) is 13.4. The Morgan fingerprint density at radius 3 is 2.11 bits per heavy atom. The van der Waals surface area contributed by atoms with E-state index < -0.39 is 17.7 Å². The Morgan fingerprint density at radius 2 is 1.50 bits per heavy atom. The molecular formula is C24H33F2N3O8S. The molecule has 11 nitrogen and oxygen atoms in total. The maximum absolute atomic E-state index is 14.6. The highest BCUT2D eigenvalue weighted by molar-refractivity contribution is 7.14. The van der Waals surface area contributed by atoms with Crippen LogP contribution in [0.1, 0.15) is 0 Å². The van der Waals surface area contributed by atoms with Crippen LogP contribution in [0.3, 0.4) is 0 Å². The van der Waals surface area contributed by atoms with Crippen LogP contribution in [0.25, 0.3) is 11.3 Å². The lowest BCUT2D eigenvalue weighted by Crippen LogP contribution is -2.36. The molecule has 1 aliphatic heterocycles. The second kappa shape index (κ2) is 17.1. The van der Waals surface area contributed by atoms with Gasteiger partial charge in [0.1, 0.15) is 13.2 Å². The van der Waals surface area contributed by atoms with E-state index >= 15 is 0 Å². The molecule has 0 bridgehead atoms. The summed E-state index contributed by atoms with van der Waals surface area (Å²) in [6, 6.07) is 2.53. The first-order valence-corrected chi connectivity index (χ1v) is 13.1. The van der Waals surface area contributed by atoms with Crippen LogP contribution in [0.5, 0.6) is 5.75 Å². The highest BCUT2D eigenvalue weighted by Gasteiger charge is 2.20. The molecule has 1 saturated heterocycles. The van der Waals surface area contributed by atoms with E-state index in [9.17, 15) is 13.6 Å². The van der Waals surface area contributed by atoms with Crippen LogP contribution < -0.4 is 15.4 Å². The number of hydrogen-bond donors (Lipinski definition) is 1. The maximum Gasteiger partial charge on any atom is 0.404 e. The SMILES string of the molecule is NC(=O)OCCOCCOCCOCCOCCOc1c(-c2csc(N3CCOCC3)n2)ccc(F)c1F. The van der Waals surface area contributed by atoms with Crippen LogP contribution in [0.2, 0.25) is 0 Å². The second-order valence-corrected chi connectivity index (χ2v) is 8.65. The van der Waals surface area contributed by atoms with Crippen LogP contribution in [0, 0.1) is 11.6 Å². The fourth-order valence-electron chi connectivity index (χ4n) is 3.33. The number of ether oxygens (including phenoxy) is 7. The highest BCUT2D eigenvalue weighted by Crippen LogP contribution is 2.36. The third-order valence-corrected chi connectivity index (χ3v) is 6.06. The number of aromatic nitrogens is 1. The Morgan fingerprint density at radius 1 is 0.921 bits per heavy atom. The first kappa shape index (κ1) is 29.9. The maximum atomic E-state index is 14.6. The molecule has 38 heavy (non-hydrogen) atoms. The minimum Gasteiger partial charge on any atom is -0.487 e. The lowest BCUT2D eigenvalue weighted by atomic mass is 10.1. The number of nitrogens with zero attached hydrogens (tertiary/aromatic N) is 2. The Labute approximate surface area is 223 Å². The molecule has 1 aliphatic rings. The Hall–Kier alpha value is -2.62. The van der Waals surface area contributed by atoms with Crippen LogP contribution in [0.4, 0.5) is 18.7 Å². The first-order valence-electron chi connectivity index (χ1n) is 12.2. The van der Waals surface area contributed by atoms with Gasteiger partial charge in [-0.2, -0.15) is 4.39 Å². The van der Waals surface area contributed by atoms with E-state index in [2.05, 4.69) is 14.6 Å². The molecule has 2 heterocycles. The van der Waals surface area contributed by atoms with E-state index in [1.54, 1.807) is 5.38 Å². The molecule has 1 amide bonds. The minimum absolute atomic E-state index is 0.0292. The van der Waals surface area contributed by atoms with Gasteiger partial charge in [-0.25, -0.2) is 14.2 Å². The van der Waals surface area contributed by atoms with Gasteiger partial charge in [-0.05, 0) is 12.1 Å². The summed E-state index contributed by atoms with van der Waals surface area (Å²) in [6.45, 7) is 5.40. The molecule has 0 radical (unpaired) electrons. The van der Waals surface area contributed by atoms with Crippen molar-refractivity contribution in [2.45, 2.75) is 0 Å². The van der Waals surface area contributed by atoms with Crippen molar-refractivity contribution in [2.24, 2.45) is 5.73 Å². The van der Waals surface area contributed by atoms with Crippen LogP contribution in [0.15, 0.2) is 17.5 Å². The van der Waals surface area contributed by atoms with Crippen molar-refractivity contribution in [3.05, 3.63) is 29.1 Å². The fourth-order valence-corrected chi connectivity index (χ4v) is 4.21. The standard InChI is InChI=1S/C24H33F2N3O8S/c25-19-2-1-18(20-17-38-24(28-20)29-3-5-31-6-4-29)22(21(19)26)36-15-13-34-11-9-32-7-8-33-10-12-35-14-16-37-23(27)30/h1-2,17H,3-16H2,(H2,27,30). The van der Waals surface area contributed by atoms with Crippen molar-refractivity contribution in [3.63, 3.8) is 0 Å². The van der Waals surface area contributed by atoms with Crippen molar-refractivity contribution < 1.29 is 46.7 Å². The van der Waals surface area contributed by atoms with Crippen molar-refractivity contribution in [1.82, 2.24) is 4.98 Å². The number of nitrogens with two attached hydrogens (primary N) is 1. The molecule has 1 fully saturated rings. The molecule has 212 valence electrons. The van der Waals surface area contributed by atoms with Gasteiger partial charge in [0.15, 0.2) is 16.7 Å². The topological polar surface area (TPSA) is 124 Å². The average Bonchev–Trinajstić information content (AvgIpc) is 3.41. The largest absolute Gasteiger partial charge is 0.487 e. The molecule has 0 spiro atoms. The molecule has 3 rings (SSSR count). The molecular weight excluding hydrogens is 528 g/mol. The number of anilines is 1. The number of benzene rings is 1. The Balaban J connectivity index is 1.28. The van der Waals surface area contributed by atoms with Gasteiger partial charge in [-0.3, -0.25) is 0 Å². The van der Waals surface area contributed by atoms with Crippen molar-refractivity contribution in [1.29, 1.82) is 0 Å². The van der Waals surface area contributed by atoms with Crippen LogP contribution >= 0.6 is 11.3 Å². The number of carbonyl (C=O) groups excluding carboxylic acids is 1. The van der Waals surface area contributed by atoms with E-state index in [-0.39, 0.29) is 32.2 Å². The quantitative estimate of drug-likeness (QED) is 0.272. The van der Waals surface area contributed by atoms with E-state index in [4.69, 9.17) is 34.2 Å². The second-order valence-electron chi connectivity index (χ2n) is 7.82. The van der Waals surface area contributed by atoms with Gasteiger partial charge in [-0.1, -0.05) is 0 Å². The number of carbonyl (C=O) groups is 1. The number of halogens is 2. The number of amides is 1. The number of rotatable bonds is 18. The number of thiazole rings is 1. The van der Waals surface area contributed by atoms with E-state index in [1.165, 1.54) is 17.4 Å². The predicted octanol–water partition coefficient (Wildman–Crippen LogP) is 2.47. The zero-order valence-electron chi connectivity index (χ0n) is 21.0. The molecule has 2 aromatic rings. The third kappa shape index (κ3) is 10.3. The summed E-state index contributed by atoms with van der Waals surface area (Å²) >= 11 is 1.44. The summed E-state index contributed by atoms with van der Waals surface area (Å²) in [5.74, 6) is -2.24. The summed E-state index contributed by atoms with van der Waals surface area (Å²) in [7, 11) is 0. The van der Waals surface area contributed by atoms with Gasteiger partial charge in [0, 0.05) is 24.0 Å². The van der Waals surface area contributed by atoms with Gasteiger partial charge in [0.2, 0.25) is 5.82 Å². The fraction of sp³-hybridized carbons (Fsp3) is 0.583. The summed E-state index contributed by atoms with van der Waals surface area (Å²) in [4.78, 5) is 17.1. The minimum atomic E-state index is -1.06. The van der Waals surface area contributed by atoms with Crippen molar-refractivity contribution >= 4 is 22.6 Å². The molecule has 1 aromatic carbocycles. The van der Waals surface area contributed by atoms with Gasteiger partial charge >= 0.3 is 6.09 Å². The summed E-state index contributed by atoms with van der Waals surface area (Å²) in [5, 5.41) is 2.60.